The molecule has 0 unspecified atom stereocenters. The Balaban J connectivity index is 0.00000441. The van der Waals surface area contributed by atoms with Crippen molar-refractivity contribution in [2.75, 3.05) is 0 Å². The van der Waals surface area contributed by atoms with Crippen LogP contribution in [0, 0.1) is 0 Å². The molecule has 1 amide bonds. The zero-order chi connectivity index (χ0) is 28.9. The van der Waals surface area contributed by atoms with E-state index >= 15 is 0 Å². The number of sulfonamides is 1. The molecule has 0 saturated heterocycles. The van der Waals surface area contributed by atoms with Crippen molar-refractivity contribution in [1.29, 1.82) is 0 Å². The number of amides is 1. The van der Waals surface area contributed by atoms with Crippen molar-refractivity contribution in [3.63, 3.8) is 0 Å². The molecule has 0 fully saturated rings. The number of benzene rings is 2. The summed E-state index contributed by atoms with van der Waals surface area (Å²) in [6, 6.07) is 8.31. The van der Waals surface area contributed by atoms with Gasteiger partial charge in [-0.1, -0.05) is 53.3 Å². The molecule has 2 heterocycles. The highest BCUT2D eigenvalue weighted by Gasteiger charge is 2.43. The van der Waals surface area contributed by atoms with Crippen molar-refractivity contribution in [1.82, 2.24) is 9.71 Å². The minimum atomic E-state index is -4.19. The van der Waals surface area contributed by atoms with Gasteiger partial charge in [-0.3, -0.25) is 4.79 Å². The number of nitrogens with one attached hydrogen (secondary N) is 1. The Morgan fingerprint density at radius 1 is 1.05 bits per heavy atom. The van der Waals surface area contributed by atoms with E-state index in [0.717, 1.165) is 34.2 Å². The van der Waals surface area contributed by atoms with E-state index in [2.05, 4.69) is 19.2 Å². The average Bonchev–Trinajstić information content (AvgIpc) is 3.42. The zero-order valence-electron chi connectivity index (χ0n) is 22.3. The van der Waals surface area contributed by atoms with Gasteiger partial charge in [0, 0.05) is 0 Å². The standard InChI is InChI=1S/C27H30F2N2O6S2.CH4/c1-14(2)18-9-17(16-7-8-21-22(11-16)37-27(28,29)36-21)10-19(15(3)4)20(18)12-23(32)31-39(34,35)24-13-30-25(38-24)26(5,6)33;/h7-11,13-15,33H,12H2,1-6H3,(H,31,32);1H4. The smallest absolute Gasteiger partial charge is 0.395 e. The molecule has 1 aliphatic heterocycles. The number of thiazole rings is 1. The predicted molar refractivity (Wildman–Crippen MR) is 149 cm³/mol. The van der Waals surface area contributed by atoms with Crippen LogP contribution in [0.3, 0.4) is 0 Å². The Labute approximate surface area is 237 Å². The van der Waals surface area contributed by atoms with Gasteiger partial charge in [-0.2, -0.15) is 0 Å². The number of fused-ring (bicyclic) bond motifs is 1. The van der Waals surface area contributed by atoms with E-state index < -0.39 is 27.8 Å². The highest BCUT2D eigenvalue weighted by atomic mass is 32.2. The number of aliphatic hydroxyl groups is 1. The van der Waals surface area contributed by atoms with E-state index in [1.165, 1.54) is 26.0 Å². The second kappa shape index (κ2) is 11.1. The molecule has 0 spiro atoms. The normalized spacial score (nSPS) is 14.4. The van der Waals surface area contributed by atoms with Gasteiger partial charge in [0.2, 0.25) is 5.91 Å². The summed E-state index contributed by atoms with van der Waals surface area (Å²) in [6.07, 6.45) is -2.80. The molecule has 2 aromatic carbocycles. The van der Waals surface area contributed by atoms with Crippen LogP contribution in [0.4, 0.5) is 8.78 Å². The third-order valence-corrected chi connectivity index (χ3v) is 9.30. The number of hydrogen-bond acceptors (Lipinski definition) is 8. The molecule has 4 rings (SSSR count). The second-order valence-electron chi connectivity index (χ2n) is 10.5. The van der Waals surface area contributed by atoms with Crippen molar-refractivity contribution in [3.8, 4) is 22.6 Å². The molecule has 218 valence electrons. The Hall–Kier alpha value is -3.09. The topological polar surface area (TPSA) is 115 Å². The summed E-state index contributed by atoms with van der Waals surface area (Å²) in [7, 11) is -4.19. The summed E-state index contributed by atoms with van der Waals surface area (Å²) in [5.74, 6) is -0.900. The van der Waals surface area contributed by atoms with Gasteiger partial charge in [0.25, 0.3) is 10.0 Å². The van der Waals surface area contributed by atoms with Gasteiger partial charge in [0.1, 0.15) is 10.6 Å². The van der Waals surface area contributed by atoms with Gasteiger partial charge >= 0.3 is 6.29 Å². The van der Waals surface area contributed by atoms with Crippen LogP contribution in [0.2, 0.25) is 0 Å². The lowest BCUT2D eigenvalue weighted by atomic mass is 9.84. The van der Waals surface area contributed by atoms with Crippen LogP contribution >= 0.6 is 11.3 Å². The highest BCUT2D eigenvalue weighted by Crippen LogP contribution is 2.44. The Kier molecular flexibility index (Phi) is 8.69. The summed E-state index contributed by atoms with van der Waals surface area (Å²) in [5.41, 5.74) is 2.41. The molecule has 40 heavy (non-hydrogen) atoms. The fourth-order valence-corrected chi connectivity index (χ4v) is 6.43. The number of ether oxygens (including phenoxy) is 2. The average molecular weight is 597 g/mol. The monoisotopic (exact) mass is 596 g/mol. The van der Waals surface area contributed by atoms with E-state index in [0.29, 0.717) is 11.1 Å². The largest absolute Gasteiger partial charge is 0.586 e. The summed E-state index contributed by atoms with van der Waals surface area (Å²) in [6.45, 7) is 10.8. The first-order valence-electron chi connectivity index (χ1n) is 12.3. The lowest BCUT2D eigenvalue weighted by molar-refractivity contribution is -0.286. The van der Waals surface area contributed by atoms with Crippen LogP contribution < -0.4 is 14.2 Å². The maximum Gasteiger partial charge on any atom is 0.586 e. The fraction of sp³-hybridized carbons (Fsp3) is 0.429. The zero-order valence-corrected chi connectivity index (χ0v) is 24.0. The molecule has 8 nitrogen and oxygen atoms in total. The van der Waals surface area contributed by atoms with E-state index in [1.54, 1.807) is 6.07 Å². The highest BCUT2D eigenvalue weighted by molar-refractivity contribution is 7.92. The van der Waals surface area contributed by atoms with Crippen molar-refractivity contribution in [3.05, 3.63) is 58.2 Å². The number of rotatable bonds is 8. The van der Waals surface area contributed by atoms with Gasteiger partial charge in [-0.05, 0) is 65.6 Å². The second-order valence-corrected chi connectivity index (χ2v) is 13.5. The predicted octanol–water partition coefficient (Wildman–Crippen LogP) is 6.29. The maximum atomic E-state index is 13.5. The quantitative estimate of drug-likeness (QED) is 0.314. The van der Waals surface area contributed by atoms with Crippen LogP contribution in [0.25, 0.3) is 11.1 Å². The van der Waals surface area contributed by atoms with Crippen LogP contribution in [-0.4, -0.2) is 30.7 Å². The summed E-state index contributed by atoms with van der Waals surface area (Å²) < 4.78 is 63.8. The molecule has 0 bridgehead atoms. The third-order valence-electron chi connectivity index (χ3n) is 6.16. The first-order valence-corrected chi connectivity index (χ1v) is 14.6. The number of hydrogen-bond donors (Lipinski definition) is 2. The minimum Gasteiger partial charge on any atom is -0.395 e. The molecule has 0 aliphatic carbocycles. The molecule has 0 saturated carbocycles. The number of halogens is 2. The van der Waals surface area contributed by atoms with Gasteiger partial charge in [-0.15, -0.1) is 20.1 Å². The summed E-state index contributed by atoms with van der Waals surface area (Å²) in [5, 5.41) is 10.3. The summed E-state index contributed by atoms with van der Waals surface area (Å²) >= 11 is 0.789. The molecule has 1 aromatic heterocycles. The van der Waals surface area contributed by atoms with Gasteiger partial charge < -0.3 is 14.6 Å². The molecule has 3 aromatic rings. The number of alkyl halides is 2. The van der Waals surface area contributed by atoms with Gasteiger partial charge in [-0.25, -0.2) is 18.1 Å². The van der Waals surface area contributed by atoms with Gasteiger partial charge in [0.05, 0.1) is 12.6 Å². The molecule has 0 radical (unpaired) electrons. The van der Waals surface area contributed by atoms with Crippen molar-refractivity contribution in [2.45, 2.75) is 83.3 Å². The Bertz CT molecular complexity index is 1500. The molecule has 0 atom stereocenters. The molecule has 12 heteroatoms. The van der Waals surface area contributed by atoms with E-state index in [1.807, 2.05) is 39.8 Å². The van der Waals surface area contributed by atoms with Crippen molar-refractivity contribution >= 4 is 27.3 Å². The third kappa shape index (κ3) is 6.61. The number of carbonyl (C=O) groups is 1. The lowest BCUT2D eigenvalue weighted by Crippen LogP contribution is -2.32. The summed E-state index contributed by atoms with van der Waals surface area (Å²) in [4.78, 5) is 17.0. The van der Waals surface area contributed by atoms with Crippen LogP contribution in [0.15, 0.2) is 40.7 Å². The van der Waals surface area contributed by atoms with Crippen LogP contribution in [0.1, 0.15) is 82.5 Å². The Morgan fingerprint density at radius 3 is 2.15 bits per heavy atom. The molecule has 2 N–H and O–H groups in total. The number of aromatic nitrogens is 1. The van der Waals surface area contributed by atoms with Crippen LogP contribution in [-0.2, 0) is 26.8 Å². The molecule has 1 aliphatic rings. The van der Waals surface area contributed by atoms with E-state index in [9.17, 15) is 27.1 Å². The van der Waals surface area contributed by atoms with E-state index in [4.69, 9.17) is 0 Å². The minimum absolute atomic E-state index is 0. The molecular formula is C28H34F2N2O6S2. The van der Waals surface area contributed by atoms with Crippen LogP contribution in [0.5, 0.6) is 11.5 Å². The SMILES string of the molecule is C.CC(C)c1cc(-c2ccc3c(c2)OC(F)(F)O3)cc(C(C)C)c1CC(=O)NS(=O)(=O)c1cnc(C(C)(C)O)s1. The number of carbonyl (C=O) groups excluding carboxylic acids is 1. The first-order chi connectivity index (χ1) is 18.0. The lowest BCUT2D eigenvalue weighted by Gasteiger charge is -2.22. The van der Waals surface area contributed by atoms with Crippen molar-refractivity contribution in [2.24, 2.45) is 0 Å². The number of nitrogens with zero attached hydrogens (tertiary/aromatic N) is 1. The Morgan fingerprint density at radius 2 is 1.62 bits per heavy atom. The van der Waals surface area contributed by atoms with E-state index in [-0.39, 0.29) is 46.4 Å². The maximum absolute atomic E-state index is 13.5. The van der Waals surface area contributed by atoms with Gasteiger partial charge in [0.15, 0.2) is 15.7 Å². The van der Waals surface area contributed by atoms with Crippen molar-refractivity contribution < 1.29 is 36.6 Å². The fourth-order valence-electron chi connectivity index (χ4n) is 4.31. The first kappa shape index (κ1) is 31.4. The molecular weight excluding hydrogens is 562 g/mol.